The second kappa shape index (κ2) is 7.08. The first-order chi connectivity index (χ1) is 15.1. The molecule has 160 valence electrons. The molecule has 2 aromatic rings. The number of amides is 1. The molecular formula is C25H27N3O3. The van der Waals surface area contributed by atoms with E-state index in [9.17, 15) is 14.9 Å². The van der Waals surface area contributed by atoms with Crippen molar-refractivity contribution >= 4 is 23.0 Å². The van der Waals surface area contributed by atoms with E-state index in [1.807, 2.05) is 0 Å². The Morgan fingerprint density at radius 1 is 0.935 bits per heavy atom. The van der Waals surface area contributed by atoms with E-state index in [2.05, 4.69) is 22.3 Å². The number of benzene rings is 2. The van der Waals surface area contributed by atoms with Crippen LogP contribution in [0.15, 0.2) is 36.4 Å². The van der Waals surface area contributed by atoms with Gasteiger partial charge in [0.15, 0.2) is 0 Å². The predicted molar refractivity (Wildman–Crippen MR) is 120 cm³/mol. The first-order valence-electron chi connectivity index (χ1n) is 11.6. The van der Waals surface area contributed by atoms with Gasteiger partial charge in [-0.2, -0.15) is 0 Å². The van der Waals surface area contributed by atoms with E-state index in [0.717, 1.165) is 17.5 Å². The van der Waals surface area contributed by atoms with E-state index in [-0.39, 0.29) is 11.6 Å². The lowest BCUT2D eigenvalue weighted by Crippen LogP contribution is -2.43. The molecule has 4 atom stereocenters. The van der Waals surface area contributed by atoms with Crippen LogP contribution in [-0.2, 0) is 0 Å². The van der Waals surface area contributed by atoms with Crippen molar-refractivity contribution in [3.63, 3.8) is 0 Å². The Morgan fingerprint density at radius 3 is 2.06 bits per heavy atom. The normalized spacial score (nSPS) is 27.9. The van der Waals surface area contributed by atoms with Crippen molar-refractivity contribution in [1.82, 2.24) is 0 Å². The van der Waals surface area contributed by atoms with Crippen LogP contribution >= 0.6 is 0 Å². The van der Waals surface area contributed by atoms with Gasteiger partial charge in [0, 0.05) is 42.2 Å². The summed E-state index contributed by atoms with van der Waals surface area (Å²) in [5.41, 5.74) is 5.66. The molecule has 31 heavy (non-hydrogen) atoms. The number of anilines is 2. The van der Waals surface area contributed by atoms with Gasteiger partial charge in [-0.1, -0.05) is 12.8 Å². The molecule has 6 nitrogen and oxygen atoms in total. The van der Waals surface area contributed by atoms with Gasteiger partial charge in [0.05, 0.1) is 4.92 Å². The van der Waals surface area contributed by atoms with Crippen molar-refractivity contribution in [2.24, 2.45) is 11.8 Å². The Bertz CT molecular complexity index is 1020. The number of carbonyl (C=O) groups excluding carboxylic acids is 1. The summed E-state index contributed by atoms with van der Waals surface area (Å²) < 4.78 is 0. The summed E-state index contributed by atoms with van der Waals surface area (Å²) in [6.07, 6.45) is 7.71. The summed E-state index contributed by atoms with van der Waals surface area (Å²) >= 11 is 0. The number of nitro groups is 1. The summed E-state index contributed by atoms with van der Waals surface area (Å²) in [5.74, 6) is 2.48. The molecule has 2 aliphatic heterocycles. The Labute approximate surface area is 181 Å². The first-order valence-corrected chi connectivity index (χ1v) is 11.6. The number of hydrogen-bond donors (Lipinski definition) is 1. The molecule has 2 aliphatic carbocycles. The molecule has 2 saturated carbocycles. The fourth-order valence-corrected chi connectivity index (χ4v) is 6.77. The van der Waals surface area contributed by atoms with E-state index >= 15 is 0 Å². The molecule has 0 aromatic heterocycles. The van der Waals surface area contributed by atoms with E-state index in [1.54, 1.807) is 0 Å². The lowest BCUT2D eigenvalue weighted by atomic mass is 9.75. The summed E-state index contributed by atoms with van der Waals surface area (Å²) in [5, 5.41) is 14.0. The number of non-ortho nitro benzene ring substituents is 1. The molecule has 0 saturated heterocycles. The summed E-state index contributed by atoms with van der Waals surface area (Å²) in [6.45, 7) is 2.39. The highest BCUT2D eigenvalue weighted by atomic mass is 16.6. The van der Waals surface area contributed by atoms with E-state index in [4.69, 9.17) is 0 Å². The van der Waals surface area contributed by atoms with Gasteiger partial charge in [-0.25, -0.2) is 0 Å². The van der Waals surface area contributed by atoms with Crippen LogP contribution in [-0.4, -0.2) is 23.9 Å². The monoisotopic (exact) mass is 417 g/mol. The molecular weight excluding hydrogens is 390 g/mol. The number of nitro benzene ring substituents is 1. The quantitative estimate of drug-likeness (QED) is 0.532. The Hall–Kier alpha value is -2.89. The lowest BCUT2D eigenvalue weighted by Gasteiger charge is -2.46. The van der Waals surface area contributed by atoms with Crippen molar-refractivity contribution in [3.05, 3.63) is 63.2 Å². The standard InChI is InChI=1S/C25H27N3O3/c29-25(15-7-9-19(10-8-15)28(30)31)26-18-11-22-20-5-1-3-16(20)13-27-14-17-4-2-6-21(17)23(12-18)24(22)27/h7-12,16-17,20-21H,1-6,13-14H2,(H,26,29)/t16-,17-,20-,21+/m1/s1. The average Bonchev–Trinajstić information content (AvgIpc) is 3.43. The second-order valence-electron chi connectivity index (χ2n) is 9.76. The maximum absolute atomic E-state index is 12.9. The molecule has 2 heterocycles. The predicted octanol–water partition coefficient (Wildman–Crippen LogP) is 5.45. The summed E-state index contributed by atoms with van der Waals surface area (Å²) in [4.78, 5) is 26.0. The molecule has 6 heteroatoms. The van der Waals surface area contributed by atoms with E-state index in [1.165, 1.54) is 92.7 Å². The minimum absolute atomic E-state index is 0.00518. The van der Waals surface area contributed by atoms with Gasteiger partial charge in [0.2, 0.25) is 0 Å². The Kier molecular flexibility index (Phi) is 4.30. The zero-order chi connectivity index (χ0) is 21.1. The number of hydrogen-bond acceptors (Lipinski definition) is 4. The zero-order valence-corrected chi connectivity index (χ0v) is 17.5. The van der Waals surface area contributed by atoms with Crippen molar-refractivity contribution < 1.29 is 9.72 Å². The first kappa shape index (κ1) is 18.8. The van der Waals surface area contributed by atoms with Gasteiger partial charge in [-0.05, 0) is 84.7 Å². The minimum Gasteiger partial charge on any atom is -0.370 e. The molecule has 1 N–H and O–H groups in total. The van der Waals surface area contributed by atoms with Crippen LogP contribution in [0.5, 0.6) is 0 Å². The van der Waals surface area contributed by atoms with Crippen LogP contribution in [0.2, 0.25) is 0 Å². The van der Waals surface area contributed by atoms with E-state index < -0.39 is 4.92 Å². The van der Waals surface area contributed by atoms with Gasteiger partial charge in [0.1, 0.15) is 0 Å². The fraction of sp³-hybridized carbons (Fsp3) is 0.480. The third-order valence-electron chi connectivity index (χ3n) is 8.11. The molecule has 0 spiro atoms. The molecule has 2 fully saturated rings. The van der Waals surface area contributed by atoms with Gasteiger partial charge < -0.3 is 10.2 Å². The molecule has 1 amide bonds. The lowest BCUT2D eigenvalue weighted by molar-refractivity contribution is -0.384. The number of nitrogens with zero attached hydrogens (tertiary/aromatic N) is 2. The molecule has 6 rings (SSSR count). The number of carbonyl (C=O) groups is 1. The van der Waals surface area contributed by atoms with Crippen molar-refractivity contribution in [2.45, 2.75) is 50.4 Å². The molecule has 0 radical (unpaired) electrons. The van der Waals surface area contributed by atoms with Gasteiger partial charge >= 0.3 is 0 Å². The van der Waals surface area contributed by atoms with Crippen LogP contribution in [0, 0.1) is 22.0 Å². The van der Waals surface area contributed by atoms with Crippen LogP contribution in [0.1, 0.15) is 71.8 Å². The number of fused-ring (bicyclic) bond motifs is 4. The summed E-state index contributed by atoms with van der Waals surface area (Å²) in [7, 11) is 0. The van der Waals surface area contributed by atoms with Gasteiger partial charge in [-0.3, -0.25) is 14.9 Å². The Morgan fingerprint density at radius 2 is 1.52 bits per heavy atom. The molecule has 2 aromatic carbocycles. The SMILES string of the molecule is O=C(Nc1cc2c3c(c1)[C@@H]1CCC[C@@H]1CN3C[C@H]1CCC[C@H]21)c1ccc([N+](=O)[O-])cc1. The average molecular weight is 418 g/mol. The molecule has 4 aliphatic rings. The van der Waals surface area contributed by atoms with Gasteiger partial charge in [-0.15, -0.1) is 0 Å². The van der Waals surface area contributed by atoms with Crippen LogP contribution in [0.25, 0.3) is 0 Å². The van der Waals surface area contributed by atoms with Crippen LogP contribution in [0.4, 0.5) is 17.1 Å². The number of rotatable bonds is 3. The second-order valence-corrected chi connectivity index (χ2v) is 9.76. The van der Waals surface area contributed by atoms with Crippen LogP contribution < -0.4 is 10.2 Å². The van der Waals surface area contributed by atoms with Crippen molar-refractivity contribution in [1.29, 1.82) is 0 Å². The van der Waals surface area contributed by atoms with Crippen molar-refractivity contribution in [2.75, 3.05) is 23.3 Å². The summed E-state index contributed by atoms with van der Waals surface area (Å²) in [6, 6.07) is 10.2. The molecule has 0 unspecified atom stereocenters. The Balaban J connectivity index is 1.37. The molecule has 0 bridgehead atoms. The highest BCUT2D eigenvalue weighted by Gasteiger charge is 2.44. The smallest absolute Gasteiger partial charge is 0.269 e. The number of nitrogens with one attached hydrogen (secondary N) is 1. The maximum atomic E-state index is 12.9. The topological polar surface area (TPSA) is 75.5 Å². The highest BCUT2D eigenvalue weighted by Crippen LogP contribution is 2.56. The third kappa shape index (κ3) is 3.03. The highest BCUT2D eigenvalue weighted by molar-refractivity contribution is 6.04. The van der Waals surface area contributed by atoms with Crippen molar-refractivity contribution in [3.8, 4) is 0 Å². The largest absolute Gasteiger partial charge is 0.370 e. The van der Waals surface area contributed by atoms with Gasteiger partial charge in [0.25, 0.3) is 11.6 Å². The maximum Gasteiger partial charge on any atom is 0.269 e. The minimum atomic E-state index is -0.447. The zero-order valence-electron chi connectivity index (χ0n) is 17.5. The van der Waals surface area contributed by atoms with Crippen LogP contribution in [0.3, 0.4) is 0 Å². The third-order valence-corrected chi connectivity index (χ3v) is 8.11. The van der Waals surface area contributed by atoms with E-state index in [0.29, 0.717) is 17.4 Å². The fourth-order valence-electron chi connectivity index (χ4n) is 6.77.